The molecule has 0 nitrogen and oxygen atoms in total. The third-order valence-electron chi connectivity index (χ3n) is 4.62. The predicted molar refractivity (Wildman–Crippen MR) is 94.7 cm³/mol. The van der Waals surface area contributed by atoms with E-state index < -0.39 is 0 Å². The van der Waals surface area contributed by atoms with Crippen LogP contribution in [0.1, 0.15) is 58.4 Å². The molecular formula is C21H30. The molecule has 0 radical (unpaired) electrons. The van der Waals surface area contributed by atoms with Crippen LogP contribution >= 0.6 is 0 Å². The Morgan fingerprint density at radius 3 is 2.33 bits per heavy atom. The van der Waals surface area contributed by atoms with Gasteiger partial charge in [0, 0.05) is 0 Å². The highest BCUT2D eigenvalue weighted by Crippen LogP contribution is 2.24. The second kappa shape index (κ2) is 8.22. The van der Waals surface area contributed by atoms with Gasteiger partial charge in [-0.3, -0.25) is 0 Å². The molecule has 0 aliphatic rings. The Labute approximate surface area is 130 Å². The maximum absolute atomic E-state index is 2.41. The highest BCUT2D eigenvalue weighted by atomic mass is 14.1. The summed E-state index contributed by atoms with van der Waals surface area (Å²) in [4.78, 5) is 0. The fourth-order valence-electron chi connectivity index (χ4n) is 3.40. The second-order valence-corrected chi connectivity index (χ2v) is 6.77. The normalized spacial score (nSPS) is 14.2. The van der Waals surface area contributed by atoms with Gasteiger partial charge in [0.25, 0.3) is 0 Å². The van der Waals surface area contributed by atoms with Crippen LogP contribution in [-0.4, -0.2) is 0 Å². The average Bonchev–Trinajstić information content (AvgIpc) is 2.48. The zero-order chi connectivity index (χ0) is 15.1. The summed E-state index contributed by atoms with van der Waals surface area (Å²) in [7, 11) is 0. The zero-order valence-electron chi connectivity index (χ0n) is 13.9. The van der Waals surface area contributed by atoms with Gasteiger partial charge < -0.3 is 0 Å². The highest BCUT2D eigenvalue weighted by Gasteiger charge is 2.08. The van der Waals surface area contributed by atoms with Crippen molar-refractivity contribution < 1.29 is 0 Å². The smallest absolute Gasteiger partial charge is 0.0152 e. The minimum Gasteiger partial charge on any atom is -0.0654 e. The van der Waals surface area contributed by atoms with E-state index in [4.69, 9.17) is 0 Å². The van der Waals surface area contributed by atoms with Gasteiger partial charge in [-0.25, -0.2) is 0 Å². The SMILES string of the molecule is CCCC(C)CCCC(C)Cc1cccc2ccccc12. The lowest BCUT2D eigenvalue weighted by atomic mass is 9.90. The third-order valence-corrected chi connectivity index (χ3v) is 4.62. The fraction of sp³-hybridized carbons (Fsp3) is 0.524. The van der Waals surface area contributed by atoms with Crippen LogP contribution in [0, 0.1) is 11.8 Å². The fourth-order valence-corrected chi connectivity index (χ4v) is 3.40. The number of fused-ring (bicyclic) bond motifs is 1. The van der Waals surface area contributed by atoms with Crippen molar-refractivity contribution in [1.29, 1.82) is 0 Å². The van der Waals surface area contributed by atoms with Gasteiger partial charge >= 0.3 is 0 Å². The largest absolute Gasteiger partial charge is 0.0654 e. The summed E-state index contributed by atoms with van der Waals surface area (Å²) in [5, 5.41) is 2.81. The Morgan fingerprint density at radius 1 is 0.810 bits per heavy atom. The van der Waals surface area contributed by atoms with Crippen LogP contribution in [0.25, 0.3) is 10.8 Å². The highest BCUT2D eigenvalue weighted by molar-refractivity contribution is 5.85. The topological polar surface area (TPSA) is 0 Å². The zero-order valence-corrected chi connectivity index (χ0v) is 13.9. The van der Waals surface area contributed by atoms with E-state index in [1.165, 1.54) is 54.9 Å². The lowest BCUT2D eigenvalue weighted by molar-refractivity contribution is 0.421. The van der Waals surface area contributed by atoms with Crippen molar-refractivity contribution in [2.45, 2.75) is 59.3 Å². The van der Waals surface area contributed by atoms with Crippen molar-refractivity contribution in [3.8, 4) is 0 Å². The lowest BCUT2D eigenvalue weighted by Crippen LogP contribution is -2.02. The Hall–Kier alpha value is -1.30. The monoisotopic (exact) mass is 282 g/mol. The average molecular weight is 282 g/mol. The van der Waals surface area contributed by atoms with Crippen LogP contribution in [0.15, 0.2) is 42.5 Å². The maximum atomic E-state index is 2.41. The molecule has 2 atom stereocenters. The van der Waals surface area contributed by atoms with E-state index in [1.807, 2.05) is 0 Å². The molecule has 0 aliphatic carbocycles. The first-order valence-corrected chi connectivity index (χ1v) is 8.67. The van der Waals surface area contributed by atoms with Crippen LogP contribution in [0.5, 0.6) is 0 Å². The summed E-state index contributed by atoms with van der Waals surface area (Å²) < 4.78 is 0. The van der Waals surface area contributed by atoms with Crippen molar-refractivity contribution in [1.82, 2.24) is 0 Å². The Kier molecular flexibility index (Phi) is 6.29. The molecule has 2 aromatic rings. The van der Waals surface area contributed by atoms with Crippen molar-refractivity contribution >= 4 is 10.8 Å². The summed E-state index contributed by atoms with van der Waals surface area (Å²) in [5.74, 6) is 1.68. The molecule has 0 saturated carbocycles. The van der Waals surface area contributed by atoms with Crippen molar-refractivity contribution in [2.24, 2.45) is 11.8 Å². The predicted octanol–water partition coefficient (Wildman–Crippen LogP) is 6.62. The molecule has 0 fully saturated rings. The molecule has 0 saturated heterocycles. The van der Waals surface area contributed by atoms with Crippen LogP contribution in [-0.2, 0) is 6.42 Å². The molecule has 2 unspecified atom stereocenters. The van der Waals surface area contributed by atoms with Gasteiger partial charge in [0.05, 0.1) is 0 Å². The van der Waals surface area contributed by atoms with Gasteiger partial charge in [-0.2, -0.15) is 0 Å². The van der Waals surface area contributed by atoms with Gasteiger partial charge in [0.15, 0.2) is 0 Å². The minimum atomic E-state index is 0.782. The molecule has 0 heterocycles. The molecule has 0 spiro atoms. The van der Waals surface area contributed by atoms with E-state index >= 15 is 0 Å². The van der Waals surface area contributed by atoms with E-state index in [2.05, 4.69) is 63.2 Å². The first kappa shape index (κ1) is 16.1. The number of hydrogen-bond acceptors (Lipinski definition) is 0. The Bertz CT molecular complexity index is 535. The van der Waals surface area contributed by atoms with Gasteiger partial charge in [-0.15, -0.1) is 0 Å². The molecular weight excluding hydrogens is 252 g/mol. The molecule has 2 rings (SSSR count). The quantitative estimate of drug-likeness (QED) is 0.510. The van der Waals surface area contributed by atoms with Crippen LogP contribution in [0.2, 0.25) is 0 Å². The van der Waals surface area contributed by atoms with Gasteiger partial charge in [0.1, 0.15) is 0 Å². The van der Waals surface area contributed by atoms with E-state index in [0.29, 0.717) is 0 Å². The molecule has 21 heavy (non-hydrogen) atoms. The van der Waals surface area contributed by atoms with Crippen LogP contribution < -0.4 is 0 Å². The third kappa shape index (κ3) is 4.88. The number of benzene rings is 2. The Balaban J connectivity index is 1.88. The molecule has 114 valence electrons. The summed E-state index contributed by atoms with van der Waals surface area (Å²) in [6.07, 6.45) is 8.06. The summed E-state index contributed by atoms with van der Waals surface area (Å²) >= 11 is 0. The number of hydrogen-bond donors (Lipinski definition) is 0. The molecule has 0 heteroatoms. The van der Waals surface area contributed by atoms with E-state index in [9.17, 15) is 0 Å². The van der Waals surface area contributed by atoms with Gasteiger partial charge in [-0.1, -0.05) is 95.3 Å². The van der Waals surface area contributed by atoms with Crippen LogP contribution in [0.3, 0.4) is 0 Å². The lowest BCUT2D eigenvalue weighted by Gasteiger charge is -2.15. The van der Waals surface area contributed by atoms with E-state index in [0.717, 1.165) is 11.8 Å². The van der Waals surface area contributed by atoms with Crippen molar-refractivity contribution in [3.63, 3.8) is 0 Å². The molecule has 0 bridgehead atoms. The first-order chi connectivity index (χ1) is 10.2. The summed E-state index contributed by atoms with van der Waals surface area (Å²) in [5.41, 5.74) is 1.52. The molecule has 0 aromatic heterocycles. The van der Waals surface area contributed by atoms with Crippen molar-refractivity contribution in [2.75, 3.05) is 0 Å². The summed E-state index contributed by atoms with van der Waals surface area (Å²) in [6, 6.07) is 15.5. The number of rotatable bonds is 8. The van der Waals surface area contributed by atoms with Crippen LogP contribution in [0.4, 0.5) is 0 Å². The van der Waals surface area contributed by atoms with Crippen molar-refractivity contribution in [3.05, 3.63) is 48.0 Å². The molecule has 2 aromatic carbocycles. The second-order valence-electron chi connectivity index (χ2n) is 6.77. The van der Waals surface area contributed by atoms with E-state index in [1.54, 1.807) is 0 Å². The minimum absolute atomic E-state index is 0.782. The van der Waals surface area contributed by atoms with Gasteiger partial charge in [0.2, 0.25) is 0 Å². The van der Waals surface area contributed by atoms with Gasteiger partial charge in [-0.05, 0) is 34.6 Å². The van der Waals surface area contributed by atoms with E-state index in [-0.39, 0.29) is 0 Å². The first-order valence-electron chi connectivity index (χ1n) is 8.67. The maximum Gasteiger partial charge on any atom is -0.0152 e. The molecule has 0 N–H and O–H groups in total. The molecule has 0 aliphatic heterocycles. The molecule has 0 amide bonds. The standard InChI is InChI=1S/C21H30/c1-4-9-17(2)10-7-11-18(3)16-20-14-8-13-19-12-5-6-15-21(19)20/h5-6,8,12-15,17-18H,4,7,9-11,16H2,1-3H3. The Morgan fingerprint density at radius 2 is 1.52 bits per heavy atom. The summed E-state index contributed by atoms with van der Waals surface area (Å²) in [6.45, 7) is 7.10.